The van der Waals surface area contributed by atoms with Crippen molar-refractivity contribution < 1.29 is 14.3 Å². The standard InChI is InChI=1S/C22H26O3/c1-4-5-8-14-25-21(23)22(15-24-3)18-12-7-6-11-17(18)20-16(2)10-9-13-19(20)22/h6-7,9-13H,4-5,8,14-15H2,1-3H3. The van der Waals surface area contributed by atoms with Crippen LogP contribution >= 0.6 is 0 Å². The summed E-state index contributed by atoms with van der Waals surface area (Å²) < 4.78 is 11.2. The summed E-state index contributed by atoms with van der Waals surface area (Å²) in [5.74, 6) is -0.206. The fraction of sp³-hybridized carbons (Fsp3) is 0.409. The van der Waals surface area contributed by atoms with Gasteiger partial charge in [0, 0.05) is 7.11 Å². The van der Waals surface area contributed by atoms with E-state index in [0.717, 1.165) is 41.5 Å². The molecule has 1 atom stereocenters. The lowest BCUT2D eigenvalue weighted by Gasteiger charge is -2.29. The highest BCUT2D eigenvalue weighted by Gasteiger charge is 2.51. The van der Waals surface area contributed by atoms with E-state index in [-0.39, 0.29) is 12.6 Å². The first kappa shape index (κ1) is 17.7. The molecule has 1 unspecified atom stereocenters. The first-order valence-electron chi connectivity index (χ1n) is 9.03. The van der Waals surface area contributed by atoms with Crippen LogP contribution in [0.1, 0.15) is 42.9 Å². The molecule has 2 aromatic carbocycles. The molecule has 0 amide bonds. The van der Waals surface area contributed by atoms with E-state index in [1.54, 1.807) is 7.11 Å². The summed E-state index contributed by atoms with van der Waals surface area (Å²) in [5, 5.41) is 0. The molecule has 3 nitrogen and oxygen atoms in total. The van der Waals surface area contributed by atoms with Gasteiger partial charge in [-0.2, -0.15) is 0 Å². The lowest BCUT2D eigenvalue weighted by atomic mass is 9.78. The molecule has 0 aliphatic heterocycles. The van der Waals surface area contributed by atoms with Gasteiger partial charge in [-0.25, -0.2) is 0 Å². The molecule has 0 bridgehead atoms. The largest absolute Gasteiger partial charge is 0.465 e. The third-order valence-corrected chi connectivity index (χ3v) is 5.08. The van der Waals surface area contributed by atoms with E-state index in [1.807, 2.05) is 30.3 Å². The molecule has 1 aliphatic rings. The van der Waals surface area contributed by atoms with Gasteiger partial charge in [-0.1, -0.05) is 62.2 Å². The number of methoxy groups -OCH3 is 1. The van der Waals surface area contributed by atoms with Crippen molar-refractivity contribution >= 4 is 5.97 Å². The van der Waals surface area contributed by atoms with Gasteiger partial charge < -0.3 is 9.47 Å². The van der Waals surface area contributed by atoms with Crippen LogP contribution in [0.3, 0.4) is 0 Å². The highest BCUT2D eigenvalue weighted by Crippen LogP contribution is 2.50. The van der Waals surface area contributed by atoms with Crippen molar-refractivity contribution in [3.8, 4) is 11.1 Å². The molecule has 0 saturated carbocycles. The van der Waals surface area contributed by atoms with Crippen molar-refractivity contribution in [1.29, 1.82) is 0 Å². The predicted molar refractivity (Wildman–Crippen MR) is 99.8 cm³/mol. The molecule has 132 valence electrons. The van der Waals surface area contributed by atoms with Crippen LogP contribution in [0, 0.1) is 6.92 Å². The summed E-state index contributed by atoms with van der Waals surface area (Å²) in [5.41, 5.74) is 4.53. The maximum absolute atomic E-state index is 13.3. The van der Waals surface area contributed by atoms with Gasteiger partial charge >= 0.3 is 5.97 Å². The predicted octanol–water partition coefficient (Wildman–Crippen LogP) is 4.64. The van der Waals surface area contributed by atoms with E-state index in [4.69, 9.17) is 9.47 Å². The minimum atomic E-state index is -0.876. The van der Waals surface area contributed by atoms with Gasteiger partial charge in [0.25, 0.3) is 0 Å². The number of hydrogen-bond donors (Lipinski definition) is 0. The fourth-order valence-electron chi connectivity index (χ4n) is 3.89. The van der Waals surface area contributed by atoms with Gasteiger partial charge in [-0.05, 0) is 41.2 Å². The van der Waals surface area contributed by atoms with E-state index in [0.29, 0.717) is 6.61 Å². The Balaban J connectivity index is 2.09. The number of rotatable bonds is 7. The molecule has 0 N–H and O–H groups in total. The number of unbranched alkanes of at least 4 members (excludes halogenated alkanes) is 2. The average Bonchev–Trinajstić information content (AvgIpc) is 2.91. The topological polar surface area (TPSA) is 35.5 Å². The molecule has 3 rings (SSSR count). The monoisotopic (exact) mass is 338 g/mol. The van der Waals surface area contributed by atoms with E-state index in [9.17, 15) is 4.79 Å². The molecular weight excluding hydrogens is 312 g/mol. The Kier molecular flexibility index (Phi) is 5.24. The van der Waals surface area contributed by atoms with Crippen LogP contribution in [0.2, 0.25) is 0 Å². The van der Waals surface area contributed by atoms with Crippen molar-refractivity contribution in [2.45, 2.75) is 38.5 Å². The summed E-state index contributed by atoms with van der Waals surface area (Å²) in [6.45, 7) is 4.97. The molecule has 0 heterocycles. The van der Waals surface area contributed by atoms with Crippen molar-refractivity contribution in [3.05, 3.63) is 59.2 Å². The Morgan fingerprint density at radius 1 is 1.04 bits per heavy atom. The minimum Gasteiger partial charge on any atom is -0.465 e. The summed E-state index contributed by atoms with van der Waals surface area (Å²) >= 11 is 0. The van der Waals surface area contributed by atoms with Crippen LogP contribution in [0.15, 0.2) is 42.5 Å². The van der Waals surface area contributed by atoms with E-state index in [2.05, 4.69) is 26.0 Å². The lowest BCUT2D eigenvalue weighted by Crippen LogP contribution is -2.41. The van der Waals surface area contributed by atoms with Crippen LogP contribution in [0.5, 0.6) is 0 Å². The van der Waals surface area contributed by atoms with Gasteiger partial charge in [-0.3, -0.25) is 4.79 Å². The second kappa shape index (κ2) is 7.40. The summed E-state index contributed by atoms with van der Waals surface area (Å²) in [7, 11) is 1.64. The lowest BCUT2D eigenvalue weighted by molar-refractivity contribution is -0.150. The minimum absolute atomic E-state index is 0.206. The van der Waals surface area contributed by atoms with Crippen LogP contribution in [0.4, 0.5) is 0 Å². The Hall–Kier alpha value is -2.13. The molecule has 3 heteroatoms. The average molecular weight is 338 g/mol. The number of ether oxygens (including phenoxy) is 2. The molecular formula is C22H26O3. The molecule has 1 aliphatic carbocycles. The van der Waals surface area contributed by atoms with Crippen molar-refractivity contribution in [2.75, 3.05) is 20.3 Å². The highest BCUT2D eigenvalue weighted by atomic mass is 16.5. The number of carbonyl (C=O) groups excluding carboxylic acids is 1. The van der Waals surface area contributed by atoms with E-state index >= 15 is 0 Å². The van der Waals surface area contributed by atoms with Gasteiger partial charge in [-0.15, -0.1) is 0 Å². The fourth-order valence-corrected chi connectivity index (χ4v) is 3.89. The van der Waals surface area contributed by atoms with Gasteiger partial charge in [0.05, 0.1) is 13.2 Å². The molecule has 0 radical (unpaired) electrons. The summed E-state index contributed by atoms with van der Waals surface area (Å²) in [4.78, 5) is 13.3. The number of fused-ring (bicyclic) bond motifs is 3. The summed E-state index contributed by atoms with van der Waals surface area (Å²) in [6, 6.07) is 14.2. The third-order valence-electron chi connectivity index (χ3n) is 5.08. The molecule has 0 aromatic heterocycles. The van der Waals surface area contributed by atoms with Crippen molar-refractivity contribution in [1.82, 2.24) is 0 Å². The number of aryl methyl sites for hydroxylation is 1. The van der Waals surface area contributed by atoms with Crippen molar-refractivity contribution in [3.63, 3.8) is 0 Å². The quantitative estimate of drug-likeness (QED) is 0.545. The highest BCUT2D eigenvalue weighted by molar-refractivity contribution is 5.99. The second-order valence-electron chi connectivity index (χ2n) is 6.72. The zero-order valence-electron chi connectivity index (χ0n) is 15.3. The van der Waals surface area contributed by atoms with Crippen molar-refractivity contribution in [2.24, 2.45) is 0 Å². The van der Waals surface area contributed by atoms with Gasteiger partial charge in [0.15, 0.2) is 0 Å². The number of benzene rings is 2. The van der Waals surface area contributed by atoms with E-state index < -0.39 is 5.41 Å². The molecule has 0 saturated heterocycles. The van der Waals surface area contributed by atoms with E-state index in [1.165, 1.54) is 5.56 Å². The molecule has 0 fully saturated rings. The zero-order valence-corrected chi connectivity index (χ0v) is 15.3. The normalized spacial score (nSPS) is 17.9. The van der Waals surface area contributed by atoms with Crippen LogP contribution in [0.25, 0.3) is 11.1 Å². The van der Waals surface area contributed by atoms with Crippen LogP contribution in [-0.2, 0) is 19.7 Å². The van der Waals surface area contributed by atoms with Crippen LogP contribution < -0.4 is 0 Å². The Morgan fingerprint density at radius 2 is 1.80 bits per heavy atom. The SMILES string of the molecule is CCCCCOC(=O)C1(COC)c2ccccc2-c2c(C)cccc21. The van der Waals surface area contributed by atoms with Gasteiger partial charge in [0.2, 0.25) is 0 Å². The smallest absolute Gasteiger partial charge is 0.323 e. The zero-order chi connectivity index (χ0) is 17.9. The third kappa shape index (κ3) is 2.87. The first-order chi connectivity index (χ1) is 12.2. The molecule has 0 spiro atoms. The number of carbonyl (C=O) groups is 1. The van der Waals surface area contributed by atoms with Crippen LogP contribution in [-0.4, -0.2) is 26.3 Å². The maximum Gasteiger partial charge on any atom is 0.323 e. The summed E-state index contributed by atoms with van der Waals surface area (Å²) in [6.07, 6.45) is 3.07. The Morgan fingerprint density at radius 3 is 2.56 bits per heavy atom. The molecule has 25 heavy (non-hydrogen) atoms. The first-order valence-corrected chi connectivity index (χ1v) is 9.03. The van der Waals surface area contributed by atoms with Gasteiger partial charge in [0.1, 0.15) is 5.41 Å². The Bertz CT molecular complexity index is 766. The molecule has 2 aromatic rings. The number of esters is 1. The Labute approximate surface area is 150 Å². The maximum atomic E-state index is 13.3. The second-order valence-corrected chi connectivity index (χ2v) is 6.72. The number of hydrogen-bond acceptors (Lipinski definition) is 3.